The SMILES string of the molecule is Cc1ccc(S(=O)(=O)Nc2cccc(C(=O)N[C@H]3CCCNC3)c2)cc1F. The van der Waals surface area contributed by atoms with Gasteiger partial charge in [-0.1, -0.05) is 12.1 Å². The maximum Gasteiger partial charge on any atom is 0.261 e. The van der Waals surface area contributed by atoms with Crippen LogP contribution in [0.25, 0.3) is 0 Å². The van der Waals surface area contributed by atoms with Gasteiger partial charge in [0, 0.05) is 23.8 Å². The van der Waals surface area contributed by atoms with Gasteiger partial charge in [-0.15, -0.1) is 0 Å². The van der Waals surface area contributed by atoms with E-state index >= 15 is 0 Å². The van der Waals surface area contributed by atoms with Gasteiger partial charge in [0.2, 0.25) is 0 Å². The average Bonchev–Trinajstić information content (AvgIpc) is 2.64. The number of anilines is 1. The van der Waals surface area contributed by atoms with E-state index in [9.17, 15) is 17.6 Å². The molecule has 1 aliphatic rings. The summed E-state index contributed by atoms with van der Waals surface area (Å²) in [5.41, 5.74) is 0.964. The minimum Gasteiger partial charge on any atom is -0.348 e. The highest BCUT2D eigenvalue weighted by atomic mass is 32.2. The largest absolute Gasteiger partial charge is 0.348 e. The van der Waals surface area contributed by atoms with Gasteiger partial charge in [0.15, 0.2) is 0 Å². The van der Waals surface area contributed by atoms with Gasteiger partial charge in [-0.05, 0) is 62.2 Å². The van der Waals surface area contributed by atoms with Crippen molar-refractivity contribution < 1.29 is 17.6 Å². The highest BCUT2D eigenvalue weighted by Crippen LogP contribution is 2.19. The lowest BCUT2D eigenvalue weighted by molar-refractivity contribution is 0.0930. The van der Waals surface area contributed by atoms with E-state index in [1.54, 1.807) is 25.1 Å². The van der Waals surface area contributed by atoms with Crippen molar-refractivity contribution in [3.05, 3.63) is 59.4 Å². The minimum absolute atomic E-state index is 0.0575. The number of rotatable bonds is 5. The van der Waals surface area contributed by atoms with Crippen molar-refractivity contribution in [1.82, 2.24) is 10.6 Å². The van der Waals surface area contributed by atoms with E-state index in [1.165, 1.54) is 18.2 Å². The molecule has 1 amide bonds. The van der Waals surface area contributed by atoms with Gasteiger partial charge >= 0.3 is 0 Å². The van der Waals surface area contributed by atoms with Gasteiger partial charge in [-0.3, -0.25) is 9.52 Å². The lowest BCUT2D eigenvalue weighted by atomic mass is 10.1. The third-order valence-corrected chi connectivity index (χ3v) is 5.84. The number of piperidine rings is 1. The van der Waals surface area contributed by atoms with E-state index in [1.807, 2.05) is 0 Å². The van der Waals surface area contributed by atoms with E-state index < -0.39 is 15.8 Å². The van der Waals surface area contributed by atoms with Gasteiger partial charge in [0.1, 0.15) is 5.82 Å². The van der Waals surface area contributed by atoms with Crippen LogP contribution < -0.4 is 15.4 Å². The standard InChI is InChI=1S/C19H22FN3O3S/c1-13-7-8-17(11-18(13)20)27(25,26)23-15-5-2-4-14(10-15)19(24)22-16-6-3-9-21-12-16/h2,4-5,7-8,10-11,16,21,23H,3,6,9,12H2,1H3,(H,22,24)/t16-/m0/s1. The Labute approximate surface area is 158 Å². The topological polar surface area (TPSA) is 87.3 Å². The molecule has 0 spiro atoms. The zero-order valence-electron chi connectivity index (χ0n) is 15.0. The quantitative estimate of drug-likeness (QED) is 0.731. The number of carbonyl (C=O) groups excluding carboxylic acids is 1. The number of carbonyl (C=O) groups is 1. The molecule has 0 bridgehead atoms. The number of hydrogen-bond acceptors (Lipinski definition) is 4. The first-order chi connectivity index (χ1) is 12.8. The van der Waals surface area contributed by atoms with Crippen molar-refractivity contribution in [3.8, 4) is 0 Å². The van der Waals surface area contributed by atoms with Crippen LogP contribution in [0.4, 0.5) is 10.1 Å². The summed E-state index contributed by atoms with van der Waals surface area (Å²) in [4.78, 5) is 12.2. The lowest BCUT2D eigenvalue weighted by Crippen LogP contribution is -2.45. The Hall–Kier alpha value is -2.45. The van der Waals surface area contributed by atoms with Crippen LogP contribution in [-0.4, -0.2) is 33.5 Å². The fourth-order valence-corrected chi connectivity index (χ4v) is 3.98. The predicted molar refractivity (Wildman–Crippen MR) is 102 cm³/mol. The van der Waals surface area contributed by atoms with Crippen LogP contribution in [0, 0.1) is 12.7 Å². The number of halogens is 1. The first-order valence-electron chi connectivity index (χ1n) is 8.76. The van der Waals surface area contributed by atoms with E-state index in [0.29, 0.717) is 11.1 Å². The molecular weight excluding hydrogens is 369 g/mol. The van der Waals surface area contributed by atoms with Gasteiger partial charge < -0.3 is 10.6 Å². The van der Waals surface area contributed by atoms with E-state index in [0.717, 1.165) is 32.0 Å². The minimum atomic E-state index is -3.95. The molecule has 0 radical (unpaired) electrons. The molecule has 3 N–H and O–H groups in total. The number of sulfonamides is 1. The summed E-state index contributed by atoms with van der Waals surface area (Å²) in [6.07, 6.45) is 1.90. The fraction of sp³-hybridized carbons (Fsp3) is 0.316. The van der Waals surface area contributed by atoms with Gasteiger partial charge in [-0.2, -0.15) is 0 Å². The number of nitrogens with one attached hydrogen (secondary N) is 3. The molecule has 0 aliphatic carbocycles. The van der Waals surface area contributed by atoms with Crippen LogP contribution in [0.3, 0.4) is 0 Å². The van der Waals surface area contributed by atoms with Crippen LogP contribution in [-0.2, 0) is 10.0 Å². The van der Waals surface area contributed by atoms with Crippen molar-refractivity contribution in [2.45, 2.75) is 30.7 Å². The first-order valence-corrected chi connectivity index (χ1v) is 10.2. The molecule has 1 heterocycles. The molecule has 1 atom stereocenters. The first kappa shape index (κ1) is 19.3. The van der Waals surface area contributed by atoms with Gasteiger partial charge in [0.25, 0.3) is 15.9 Å². The second-order valence-corrected chi connectivity index (χ2v) is 8.30. The summed E-state index contributed by atoms with van der Waals surface area (Å²) in [6, 6.07) is 10.0. The Bertz CT molecular complexity index is 941. The third kappa shape index (κ3) is 4.84. The second kappa shape index (κ2) is 8.06. The molecule has 0 aromatic heterocycles. The molecule has 1 fully saturated rings. The Morgan fingerprint density at radius 1 is 1.22 bits per heavy atom. The Morgan fingerprint density at radius 3 is 2.74 bits per heavy atom. The molecule has 27 heavy (non-hydrogen) atoms. The van der Waals surface area contributed by atoms with Crippen LogP contribution in [0.5, 0.6) is 0 Å². The number of benzene rings is 2. The van der Waals surface area contributed by atoms with Gasteiger partial charge in [0.05, 0.1) is 4.90 Å². The molecule has 1 aliphatic heterocycles. The van der Waals surface area contributed by atoms with Crippen molar-refractivity contribution in [2.75, 3.05) is 17.8 Å². The summed E-state index contributed by atoms with van der Waals surface area (Å²) >= 11 is 0. The summed E-state index contributed by atoms with van der Waals surface area (Å²) in [5.74, 6) is -0.849. The molecule has 0 unspecified atom stereocenters. The van der Waals surface area contributed by atoms with Crippen molar-refractivity contribution >= 4 is 21.6 Å². The second-order valence-electron chi connectivity index (χ2n) is 6.61. The van der Waals surface area contributed by atoms with Crippen LogP contribution in [0.2, 0.25) is 0 Å². The summed E-state index contributed by atoms with van der Waals surface area (Å²) in [5, 5.41) is 6.17. The molecule has 0 saturated carbocycles. The third-order valence-electron chi connectivity index (χ3n) is 4.46. The van der Waals surface area contributed by atoms with Crippen molar-refractivity contribution in [2.24, 2.45) is 0 Å². The van der Waals surface area contributed by atoms with Gasteiger partial charge in [-0.25, -0.2) is 12.8 Å². The molecular formula is C19H22FN3O3S. The van der Waals surface area contributed by atoms with E-state index in [2.05, 4.69) is 15.4 Å². The predicted octanol–water partition coefficient (Wildman–Crippen LogP) is 2.42. The van der Waals surface area contributed by atoms with Crippen molar-refractivity contribution in [3.63, 3.8) is 0 Å². The normalized spacial score (nSPS) is 17.3. The lowest BCUT2D eigenvalue weighted by Gasteiger charge is -2.23. The molecule has 2 aromatic carbocycles. The molecule has 144 valence electrons. The summed E-state index contributed by atoms with van der Waals surface area (Å²) < 4.78 is 41.0. The molecule has 2 aromatic rings. The molecule has 1 saturated heterocycles. The highest BCUT2D eigenvalue weighted by Gasteiger charge is 2.19. The smallest absolute Gasteiger partial charge is 0.261 e. The van der Waals surface area contributed by atoms with E-state index in [4.69, 9.17) is 0 Å². The number of hydrogen-bond donors (Lipinski definition) is 3. The Balaban J connectivity index is 1.74. The highest BCUT2D eigenvalue weighted by molar-refractivity contribution is 7.92. The van der Waals surface area contributed by atoms with Crippen molar-refractivity contribution in [1.29, 1.82) is 0 Å². The van der Waals surface area contributed by atoms with Crippen LogP contribution in [0.1, 0.15) is 28.8 Å². The Kier molecular flexibility index (Phi) is 5.76. The van der Waals surface area contributed by atoms with E-state index in [-0.39, 0.29) is 22.5 Å². The molecule has 8 heteroatoms. The van der Waals surface area contributed by atoms with Crippen LogP contribution >= 0.6 is 0 Å². The Morgan fingerprint density at radius 2 is 2.04 bits per heavy atom. The zero-order chi connectivity index (χ0) is 19.4. The zero-order valence-corrected chi connectivity index (χ0v) is 15.8. The summed E-state index contributed by atoms with van der Waals surface area (Å²) in [6.45, 7) is 3.23. The summed E-state index contributed by atoms with van der Waals surface area (Å²) in [7, 11) is -3.95. The number of aryl methyl sites for hydroxylation is 1. The maximum atomic E-state index is 13.7. The molecule has 6 nitrogen and oxygen atoms in total. The monoisotopic (exact) mass is 391 g/mol. The van der Waals surface area contributed by atoms with Crippen LogP contribution in [0.15, 0.2) is 47.4 Å². The average molecular weight is 391 g/mol. The fourth-order valence-electron chi connectivity index (χ4n) is 2.92. The maximum absolute atomic E-state index is 13.7. The molecule has 3 rings (SSSR count). The number of amides is 1.